The molecule has 0 spiro atoms. The maximum atomic E-state index is 10.7. The largest absolute Gasteiger partial charge is 0.352 e. The lowest BCUT2D eigenvalue weighted by molar-refractivity contribution is -0.119. The van der Waals surface area contributed by atoms with Crippen molar-refractivity contribution in [2.75, 3.05) is 0 Å². The zero-order chi connectivity index (χ0) is 10.8. The molecule has 0 fully saturated rings. The van der Waals surface area contributed by atoms with Gasteiger partial charge in [-0.1, -0.05) is 30.3 Å². The Balaban J connectivity index is 2.97. The predicted octanol–water partition coefficient (Wildman–Crippen LogP) is 1.32. The van der Waals surface area contributed by atoms with Crippen LogP contribution in [-0.4, -0.2) is 5.91 Å². The quantitative estimate of drug-likeness (QED) is 0.680. The first-order chi connectivity index (χ1) is 6.42. The lowest BCUT2D eigenvalue weighted by atomic mass is 10.2. The van der Waals surface area contributed by atoms with Crippen molar-refractivity contribution in [2.24, 2.45) is 0 Å². The van der Waals surface area contributed by atoms with Gasteiger partial charge in [0.25, 0.3) is 0 Å². The number of hydrogen-bond donors (Lipinski definition) is 1. The van der Waals surface area contributed by atoms with E-state index < -0.39 is 12.4 Å². The molecule has 1 rings (SSSR count). The summed E-state index contributed by atoms with van der Waals surface area (Å²) in [4.78, 5) is 10.7. The summed E-state index contributed by atoms with van der Waals surface area (Å²) in [7, 11) is 0. The molecule has 0 aliphatic carbocycles. The monoisotopic (exact) mass is 152 g/mol. The second-order valence-electron chi connectivity index (χ2n) is 2.10. The van der Waals surface area contributed by atoms with Crippen molar-refractivity contribution in [3.8, 4) is 0 Å². The molecule has 0 aliphatic heterocycles. The van der Waals surface area contributed by atoms with E-state index in [0.29, 0.717) is 0 Å². The average Bonchev–Trinajstić information content (AvgIpc) is 2.01. The summed E-state index contributed by atoms with van der Waals surface area (Å²) in [5, 5.41) is 2.17. The van der Waals surface area contributed by atoms with E-state index in [1.807, 2.05) is 0 Å². The summed E-state index contributed by atoms with van der Waals surface area (Å²) < 4.78 is 22.4. The molecule has 1 aromatic carbocycles. The van der Waals surface area contributed by atoms with Gasteiger partial charge in [-0.3, -0.25) is 4.79 Å². The molecule has 0 heterocycles. The minimum Gasteiger partial charge on any atom is -0.352 e. The minimum absolute atomic E-state index is 0.219. The van der Waals surface area contributed by atoms with Gasteiger partial charge in [-0.15, -0.1) is 0 Å². The topological polar surface area (TPSA) is 29.1 Å². The van der Waals surface area contributed by atoms with Crippen molar-refractivity contribution < 1.29 is 8.91 Å². The van der Waals surface area contributed by atoms with E-state index in [-0.39, 0.29) is 11.6 Å². The average molecular weight is 152 g/mol. The molecular formula is C9H11NO. The molecule has 58 valence electrons. The van der Waals surface area contributed by atoms with Crippen LogP contribution in [0.3, 0.4) is 0 Å². The van der Waals surface area contributed by atoms with E-state index in [1.165, 1.54) is 19.1 Å². The van der Waals surface area contributed by atoms with Gasteiger partial charge in [0.2, 0.25) is 5.91 Å². The van der Waals surface area contributed by atoms with Gasteiger partial charge in [0, 0.05) is 13.4 Å². The highest BCUT2D eigenvalue weighted by molar-refractivity contribution is 5.72. The number of hydrogen-bond acceptors (Lipinski definition) is 1. The summed E-state index contributed by atoms with van der Waals surface area (Å²) in [5.74, 6) is -0.439. The van der Waals surface area contributed by atoms with Crippen LogP contribution in [0.15, 0.2) is 30.3 Å². The molecule has 0 radical (unpaired) electrons. The molecule has 11 heavy (non-hydrogen) atoms. The van der Waals surface area contributed by atoms with Crippen LogP contribution in [0.4, 0.5) is 0 Å². The number of rotatable bonds is 2. The van der Waals surface area contributed by atoms with Gasteiger partial charge < -0.3 is 5.32 Å². The fraction of sp³-hybridized carbons (Fsp3) is 0.222. The summed E-state index contributed by atoms with van der Waals surface area (Å²) in [6.07, 6.45) is 0. The standard InChI is InChI=1S/C9H11NO/c1-8(11)10-7-9-5-3-2-4-6-9/h2-6H,7H2,1H3,(H,10,11)/i3D,7D2. The molecule has 0 saturated carbocycles. The van der Waals surface area contributed by atoms with Crippen molar-refractivity contribution in [1.29, 1.82) is 0 Å². The van der Waals surface area contributed by atoms with Crippen molar-refractivity contribution in [2.45, 2.75) is 13.4 Å². The Morgan fingerprint density at radius 3 is 3.18 bits per heavy atom. The van der Waals surface area contributed by atoms with Gasteiger partial charge in [0.05, 0.1) is 4.11 Å². The molecule has 1 N–H and O–H groups in total. The number of nitrogens with one attached hydrogen (secondary N) is 1. The van der Waals surface area contributed by atoms with Gasteiger partial charge in [-0.2, -0.15) is 0 Å². The molecule has 2 heteroatoms. The highest BCUT2D eigenvalue weighted by Crippen LogP contribution is 1.96. The highest BCUT2D eigenvalue weighted by atomic mass is 16.1. The zero-order valence-corrected chi connectivity index (χ0v) is 6.22. The fourth-order valence-corrected chi connectivity index (χ4v) is 0.631. The third kappa shape index (κ3) is 2.85. The van der Waals surface area contributed by atoms with Crippen LogP contribution < -0.4 is 5.32 Å². The van der Waals surface area contributed by atoms with E-state index >= 15 is 0 Å². The Hall–Kier alpha value is -1.31. The molecule has 0 unspecified atom stereocenters. The zero-order valence-electron chi connectivity index (χ0n) is 9.22. The van der Waals surface area contributed by atoms with Gasteiger partial charge in [-0.05, 0) is 5.56 Å². The Morgan fingerprint density at radius 1 is 1.73 bits per heavy atom. The smallest absolute Gasteiger partial charge is 0.217 e. The summed E-state index contributed by atoms with van der Waals surface area (Å²) in [6, 6.07) is 6.27. The molecule has 0 bridgehead atoms. The lowest BCUT2D eigenvalue weighted by Gasteiger charge is -2.00. The predicted molar refractivity (Wildman–Crippen MR) is 44.0 cm³/mol. The fourth-order valence-electron chi connectivity index (χ4n) is 0.631. The van der Waals surface area contributed by atoms with Crippen LogP contribution in [0, 0.1) is 0 Å². The maximum Gasteiger partial charge on any atom is 0.217 e. The van der Waals surface area contributed by atoms with Gasteiger partial charge in [0.1, 0.15) is 0 Å². The third-order valence-corrected chi connectivity index (χ3v) is 1.09. The second-order valence-corrected chi connectivity index (χ2v) is 2.10. The first kappa shape index (κ1) is 4.54. The van der Waals surface area contributed by atoms with Crippen LogP contribution in [-0.2, 0) is 11.3 Å². The molecule has 2 nitrogen and oxygen atoms in total. The first-order valence-corrected chi connectivity index (χ1v) is 3.28. The Kier molecular flexibility index (Phi) is 1.55. The Morgan fingerprint density at radius 2 is 2.55 bits per heavy atom. The van der Waals surface area contributed by atoms with Crippen molar-refractivity contribution in [3.05, 3.63) is 35.9 Å². The lowest BCUT2D eigenvalue weighted by Crippen LogP contribution is -2.18. The van der Waals surface area contributed by atoms with Crippen LogP contribution in [0.5, 0.6) is 0 Å². The van der Waals surface area contributed by atoms with Crippen molar-refractivity contribution in [1.82, 2.24) is 5.32 Å². The van der Waals surface area contributed by atoms with E-state index in [9.17, 15) is 4.79 Å². The second kappa shape index (κ2) is 3.76. The van der Waals surface area contributed by atoms with Crippen LogP contribution in [0.25, 0.3) is 0 Å². The van der Waals surface area contributed by atoms with Crippen LogP contribution in [0.1, 0.15) is 16.6 Å². The maximum absolute atomic E-state index is 10.7. The van der Waals surface area contributed by atoms with E-state index in [1.54, 1.807) is 12.1 Å². The van der Waals surface area contributed by atoms with Crippen LogP contribution >= 0.6 is 0 Å². The van der Waals surface area contributed by atoms with Crippen molar-refractivity contribution >= 4 is 5.91 Å². The third-order valence-electron chi connectivity index (χ3n) is 1.09. The van der Waals surface area contributed by atoms with Gasteiger partial charge >= 0.3 is 0 Å². The number of carbonyl (C=O) groups is 1. The summed E-state index contributed by atoms with van der Waals surface area (Å²) in [5.41, 5.74) is 0.278. The van der Waals surface area contributed by atoms with Gasteiger partial charge in [-0.25, -0.2) is 0 Å². The van der Waals surface area contributed by atoms with Crippen LogP contribution in [0.2, 0.25) is 0 Å². The molecule has 0 saturated heterocycles. The molecule has 0 aromatic heterocycles. The van der Waals surface area contributed by atoms with E-state index in [4.69, 9.17) is 4.11 Å². The first-order valence-electron chi connectivity index (χ1n) is 4.78. The van der Waals surface area contributed by atoms with Crippen molar-refractivity contribution in [3.63, 3.8) is 0 Å². The van der Waals surface area contributed by atoms with E-state index in [0.717, 1.165) is 0 Å². The number of carbonyl (C=O) groups excluding carboxylic acids is 1. The molecule has 1 amide bonds. The summed E-state index contributed by atoms with van der Waals surface area (Å²) >= 11 is 0. The normalized spacial score (nSPS) is 14.5. The molecule has 1 aromatic rings. The number of amides is 1. The van der Waals surface area contributed by atoms with E-state index in [2.05, 4.69) is 5.32 Å². The molecule has 0 atom stereocenters. The highest BCUT2D eigenvalue weighted by Gasteiger charge is 1.91. The molecule has 0 aliphatic rings. The van der Waals surface area contributed by atoms with Gasteiger partial charge in [0.15, 0.2) is 0 Å². The Bertz CT molecular complexity index is 352. The summed E-state index contributed by atoms with van der Waals surface area (Å²) in [6.45, 7) is -0.661. The SMILES string of the molecule is [2H]c1cccc(C([2H])([2H])NC(C)=O)c1. The molecular weight excluding hydrogens is 138 g/mol. The number of benzene rings is 1. The Labute approximate surface area is 70.5 Å². The minimum atomic E-state index is -1.91.